The second-order valence-corrected chi connectivity index (χ2v) is 5.67. The van der Waals surface area contributed by atoms with Crippen molar-refractivity contribution in [1.29, 1.82) is 0 Å². The van der Waals surface area contributed by atoms with Crippen molar-refractivity contribution in [3.8, 4) is 0 Å². The lowest BCUT2D eigenvalue weighted by Gasteiger charge is -2.17. The van der Waals surface area contributed by atoms with Crippen LogP contribution >= 0.6 is 11.8 Å². The minimum atomic E-state index is -0.858. The summed E-state index contributed by atoms with van der Waals surface area (Å²) in [6.07, 6.45) is 0. The van der Waals surface area contributed by atoms with Crippen LogP contribution in [0.1, 0.15) is 5.56 Å². The first-order chi connectivity index (χ1) is 10.1. The predicted octanol–water partition coefficient (Wildman–Crippen LogP) is 3.62. The molecule has 0 aromatic heterocycles. The van der Waals surface area contributed by atoms with Gasteiger partial charge in [-0.2, -0.15) is 0 Å². The van der Waals surface area contributed by atoms with Crippen molar-refractivity contribution in [2.24, 2.45) is 0 Å². The maximum Gasteiger partial charge on any atom is 0.234 e. The van der Waals surface area contributed by atoms with E-state index in [9.17, 15) is 13.6 Å². The molecule has 0 spiro atoms. The Morgan fingerprint density at radius 2 is 2.00 bits per heavy atom. The summed E-state index contributed by atoms with van der Waals surface area (Å²) in [5.74, 6) is -1.31. The van der Waals surface area contributed by atoms with Gasteiger partial charge in [-0.15, -0.1) is 11.8 Å². The lowest BCUT2D eigenvalue weighted by molar-refractivity contribution is -0.113. The second-order valence-electron chi connectivity index (χ2n) is 4.65. The highest BCUT2D eigenvalue weighted by molar-refractivity contribution is 8.00. The third-order valence-corrected chi connectivity index (χ3v) is 4.17. The van der Waals surface area contributed by atoms with Crippen LogP contribution in [0.25, 0.3) is 0 Å². The molecule has 0 atom stereocenters. The van der Waals surface area contributed by atoms with Crippen LogP contribution in [0.15, 0.2) is 41.3 Å². The van der Waals surface area contributed by atoms with Crippen molar-refractivity contribution in [2.45, 2.75) is 11.4 Å². The third-order valence-electron chi connectivity index (χ3n) is 3.09. The van der Waals surface area contributed by atoms with E-state index in [2.05, 4.69) is 10.6 Å². The van der Waals surface area contributed by atoms with Gasteiger partial charge in [0.05, 0.1) is 11.4 Å². The molecule has 21 heavy (non-hydrogen) atoms. The van der Waals surface area contributed by atoms with Crippen LogP contribution in [-0.4, -0.2) is 11.7 Å². The summed E-state index contributed by atoms with van der Waals surface area (Å²) >= 11 is 1.49. The molecule has 3 nitrogen and oxygen atoms in total. The van der Waals surface area contributed by atoms with Gasteiger partial charge in [-0.3, -0.25) is 4.79 Å². The lowest BCUT2D eigenvalue weighted by atomic mass is 10.2. The van der Waals surface area contributed by atoms with Gasteiger partial charge in [-0.05, 0) is 35.9 Å². The molecule has 3 rings (SSSR count). The lowest BCUT2D eigenvalue weighted by Crippen LogP contribution is -2.18. The van der Waals surface area contributed by atoms with E-state index in [1.807, 2.05) is 18.2 Å². The van der Waals surface area contributed by atoms with Crippen LogP contribution in [0.2, 0.25) is 0 Å². The molecule has 0 saturated carbocycles. The molecule has 1 aliphatic heterocycles. The molecule has 0 unspecified atom stereocenters. The van der Waals surface area contributed by atoms with E-state index in [0.717, 1.165) is 22.3 Å². The summed E-state index contributed by atoms with van der Waals surface area (Å²) in [5.41, 5.74) is 2.22. The molecule has 108 valence electrons. The van der Waals surface area contributed by atoms with E-state index in [1.165, 1.54) is 23.9 Å². The topological polar surface area (TPSA) is 41.1 Å². The summed E-state index contributed by atoms with van der Waals surface area (Å²) in [5, 5.41) is 5.93. The van der Waals surface area contributed by atoms with Crippen LogP contribution in [0.4, 0.5) is 20.2 Å². The molecule has 1 aliphatic rings. The molecule has 2 N–H and O–H groups in total. The van der Waals surface area contributed by atoms with Crippen LogP contribution in [-0.2, 0) is 11.3 Å². The largest absolute Gasteiger partial charge is 0.381 e. The van der Waals surface area contributed by atoms with Crippen molar-refractivity contribution in [3.05, 3.63) is 53.6 Å². The average Bonchev–Trinajstić information content (AvgIpc) is 2.48. The van der Waals surface area contributed by atoms with Crippen molar-refractivity contribution >= 4 is 29.0 Å². The van der Waals surface area contributed by atoms with Crippen molar-refractivity contribution in [3.63, 3.8) is 0 Å². The minimum absolute atomic E-state index is 0.0229. The standard InChI is InChI=1S/C15H12F2N2OS/c16-11-3-1-9(5-12(11)17)7-18-10-2-4-14-13(6-10)19-15(20)8-21-14/h1-6,18H,7-8H2,(H,19,20). The van der Waals surface area contributed by atoms with E-state index < -0.39 is 11.6 Å². The number of halogens is 2. The number of thioether (sulfide) groups is 1. The number of hydrogen-bond acceptors (Lipinski definition) is 3. The molecule has 0 fully saturated rings. The van der Waals surface area contributed by atoms with Gasteiger partial charge < -0.3 is 10.6 Å². The van der Waals surface area contributed by atoms with E-state index in [4.69, 9.17) is 0 Å². The Morgan fingerprint density at radius 3 is 2.81 bits per heavy atom. The number of rotatable bonds is 3. The summed E-state index contributed by atoms with van der Waals surface area (Å²) in [6, 6.07) is 9.45. The van der Waals surface area contributed by atoms with Gasteiger partial charge in [0.15, 0.2) is 11.6 Å². The molecule has 1 heterocycles. The second kappa shape index (κ2) is 5.73. The first-order valence-corrected chi connectivity index (χ1v) is 7.35. The molecule has 1 amide bonds. The van der Waals surface area contributed by atoms with E-state index in [0.29, 0.717) is 17.9 Å². The number of amides is 1. The molecular weight excluding hydrogens is 294 g/mol. The number of fused-ring (bicyclic) bond motifs is 1. The predicted molar refractivity (Wildman–Crippen MR) is 79.5 cm³/mol. The van der Waals surface area contributed by atoms with Crippen molar-refractivity contribution in [2.75, 3.05) is 16.4 Å². The first-order valence-electron chi connectivity index (χ1n) is 6.36. The summed E-state index contributed by atoms with van der Waals surface area (Å²) in [6.45, 7) is 0.372. The van der Waals surface area contributed by atoms with Gasteiger partial charge in [-0.25, -0.2) is 8.78 Å². The minimum Gasteiger partial charge on any atom is -0.381 e. The van der Waals surface area contributed by atoms with Crippen LogP contribution in [0.3, 0.4) is 0 Å². The smallest absolute Gasteiger partial charge is 0.234 e. The monoisotopic (exact) mass is 306 g/mol. The highest BCUT2D eigenvalue weighted by Crippen LogP contribution is 2.33. The molecule has 0 saturated heterocycles. The molecule has 2 aromatic rings. The highest BCUT2D eigenvalue weighted by Gasteiger charge is 2.15. The maximum absolute atomic E-state index is 13.1. The first kappa shape index (κ1) is 13.9. The zero-order valence-corrected chi connectivity index (χ0v) is 11.8. The molecule has 0 bridgehead atoms. The maximum atomic E-state index is 13.1. The number of anilines is 2. The summed E-state index contributed by atoms with van der Waals surface area (Å²) in [7, 11) is 0. The number of nitrogens with one attached hydrogen (secondary N) is 2. The van der Waals surface area contributed by atoms with Crippen LogP contribution < -0.4 is 10.6 Å². The van der Waals surface area contributed by atoms with E-state index in [-0.39, 0.29) is 5.91 Å². The molecule has 0 radical (unpaired) electrons. The highest BCUT2D eigenvalue weighted by atomic mass is 32.2. The number of hydrogen-bond donors (Lipinski definition) is 2. The fraction of sp³-hybridized carbons (Fsp3) is 0.133. The van der Waals surface area contributed by atoms with Gasteiger partial charge in [0.25, 0.3) is 0 Å². The number of carbonyl (C=O) groups is 1. The molecule has 6 heteroatoms. The van der Waals surface area contributed by atoms with Crippen molar-refractivity contribution in [1.82, 2.24) is 0 Å². The van der Waals surface area contributed by atoms with Crippen LogP contribution in [0, 0.1) is 11.6 Å². The Hall–Kier alpha value is -2.08. The Balaban J connectivity index is 1.72. The summed E-state index contributed by atoms with van der Waals surface area (Å²) < 4.78 is 26.0. The Kier molecular flexibility index (Phi) is 3.79. The fourth-order valence-corrected chi connectivity index (χ4v) is 2.84. The molecular formula is C15H12F2N2OS. The molecule has 2 aromatic carbocycles. The Bertz CT molecular complexity index is 706. The van der Waals surface area contributed by atoms with Gasteiger partial charge in [0.2, 0.25) is 5.91 Å². The average molecular weight is 306 g/mol. The zero-order valence-electron chi connectivity index (χ0n) is 11.0. The quantitative estimate of drug-likeness (QED) is 0.910. The van der Waals surface area contributed by atoms with Gasteiger partial charge >= 0.3 is 0 Å². The number of benzene rings is 2. The summed E-state index contributed by atoms with van der Waals surface area (Å²) in [4.78, 5) is 12.4. The molecule has 0 aliphatic carbocycles. The van der Waals surface area contributed by atoms with Gasteiger partial charge in [-0.1, -0.05) is 6.07 Å². The van der Waals surface area contributed by atoms with Gasteiger partial charge in [0, 0.05) is 17.1 Å². The van der Waals surface area contributed by atoms with Gasteiger partial charge in [0.1, 0.15) is 0 Å². The van der Waals surface area contributed by atoms with Crippen LogP contribution in [0.5, 0.6) is 0 Å². The van der Waals surface area contributed by atoms with Crippen molar-refractivity contribution < 1.29 is 13.6 Å². The SMILES string of the molecule is O=C1CSc2ccc(NCc3ccc(F)c(F)c3)cc2N1. The number of carbonyl (C=O) groups excluding carboxylic acids is 1. The normalized spacial score (nSPS) is 13.5. The Morgan fingerprint density at radius 1 is 1.14 bits per heavy atom. The third kappa shape index (κ3) is 3.16. The zero-order chi connectivity index (χ0) is 14.8. The van der Waals surface area contributed by atoms with E-state index >= 15 is 0 Å². The fourth-order valence-electron chi connectivity index (χ4n) is 2.05. The Labute approximate surface area is 124 Å². The van der Waals surface area contributed by atoms with E-state index in [1.54, 1.807) is 0 Å².